The average Bonchev–Trinajstić information content (AvgIpc) is 2.84. The number of nitrogens with one attached hydrogen (secondary N) is 1. The van der Waals surface area contributed by atoms with Crippen molar-refractivity contribution < 1.29 is 9.50 Å². The van der Waals surface area contributed by atoms with Gasteiger partial charge in [-0.2, -0.15) is 4.98 Å². The number of anilines is 3. The van der Waals surface area contributed by atoms with E-state index in [1.807, 2.05) is 66.5 Å². The molecule has 4 rings (SSSR count). The zero-order valence-corrected chi connectivity index (χ0v) is 18.6. The molecule has 0 radical (unpaired) electrons. The van der Waals surface area contributed by atoms with Crippen molar-refractivity contribution in [2.24, 2.45) is 0 Å². The Morgan fingerprint density at radius 2 is 1.70 bits per heavy atom. The van der Waals surface area contributed by atoms with Gasteiger partial charge >= 0.3 is 0 Å². The summed E-state index contributed by atoms with van der Waals surface area (Å²) in [5.41, 5.74) is 3.43. The van der Waals surface area contributed by atoms with Crippen molar-refractivity contribution in [3.8, 4) is 11.3 Å². The molecule has 6 nitrogen and oxygen atoms in total. The monoisotopic (exact) mass is 443 g/mol. The molecule has 168 valence electrons. The van der Waals surface area contributed by atoms with E-state index < -0.39 is 0 Å². The first-order chi connectivity index (χ1) is 16.0. The number of aliphatic hydroxyl groups excluding tert-OH is 1. The minimum absolute atomic E-state index is 0.0294. The van der Waals surface area contributed by atoms with E-state index in [4.69, 9.17) is 0 Å². The normalized spacial score (nSPS) is 11.8. The van der Waals surface area contributed by atoms with Crippen molar-refractivity contribution in [3.63, 3.8) is 0 Å². The number of benzene rings is 2. The van der Waals surface area contributed by atoms with E-state index in [9.17, 15) is 9.50 Å². The van der Waals surface area contributed by atoms with Gasteiger partial charge in [0.25, 0.3) is 0 Å². The van der Waals surface area contributed by atoms with Gasteiger partial charge in [-0.3, -0.25) is 0 Å². The Hall–Kier alpha value is -3.84. The summed E-state index contributed by atoms with van der Waals surface area (Å²) in [6.07, 6.45) is 2.48. The standard InChI is InChI=1S/C26H26FN5O/c1-18(14-19-6-3-7-20(15-19)17-33)29-26-28-13-12-25(31-26)32(2)24-11-5-10-23(30-24)21-8-4-9-22(27)16-21/h3-13,15-16,18,33H,14,17H2,1-2H3,(H,28,29,31)/t18-/m1/s1. The molecule has 0 aliphatic heterocycles. The quantitative estimate of drug-likeness (QED) is 0.400. The highest BCUT2D eigenvalue weighted by molar-refractivity contribution is 5.64. The van der Waals surface area contributed by atoms with Gasteiger partial charge in [-0.15, -0.1) is 0 Å². The number of hydrogen-bond acceptors (Lipinski definition) is 6. The third-order valence-electron chi connectivity index (χ3n) is 5.27. The molecule has 0 saturated carbocycles. The van der Waals surface area contributed by atoms with E-state index in [2.05, 4.69) is 27.2 Å². The largest absolute Gasteiger partial charge is 0.392 e. The number of rotatable bonds is 8. The zero-order chi connectivity index (χ0) is 23.2. The van der Waals surface area contributed by atoms with Gasteiger partial charge < -0.3 is 15.3 Å². The summed E-state index contributed by atoms with van der Waals surface area (Å²) in [4.78, 5) is 15.5. The SMILES string of the molecule is C[C@H](Cc1cccc(CO)c1)Nc1nccc(N(C)c2cccc(-c3cccc(F)c3)n2)n1. The lowest BCUT2D eigenvalue weighted by molar-refractivity contribution is 0.281. The van der Waals surface area contributed by atoms with Crippen molar-refractivity contribution in [1.82, 2.24) is 15.0 Å². The van der Waals surface area contributed by atoms with Crippen LogP contribution in [0.5, 0.6) is 0 Å². The molecule has 0 bridgehead atoms. The Morgan fingerprint density at radius 3 is 2.52 bits per heavy atom. The topological polar surface area (TPSA) is 74.2 Å². The molecule has 4 aromatic rings. The van der Waals surface area contributed by atoms with E-state index in [1.165, 1.54) is 12.1 Å². The molecule has 0 aliphatic carbocycles. The highest BCUT2D eigenvalue weighted by Gasteiger charge is 2.12. The predicted octanol–water partition coefficient (Wildman–Crippen LogP) is 4.98. The van der Waals surface area contributed by atoms with E-state index in [1.54, 1.807) is 12.3 Å². The van der Waals surface area contributed by atoms with Gasteiger partial charge in [-0.1, -0.05) is 42.5 Å². The van der Waals surface area contributed by atoms with Crippen molar-refractivity contribution in [3.05, 3.63) is 95.9 Å². The Balaban J connectivity index is 1.48. The van der Waals surface area contributed by atoms with Crippen LogP contribution in [0.2, 0.25) is 0 Å². The fourth-order valence-corrected chi connectivity index (χ4v) is 3.62. The van der Waals surface area contributed by atoms with Crippen LogP contribution < -0.4 is 10.2 Å². The molecule has 0 unspecified atom stereocenters. The van der Waals surface area contributed by atoms with Gasteiger partial charge in [0.15, 0.2) is 0 Å². The summed E-state index contributed by atoms with van der Waals surface area (Å²) in [5.74, 6) is 1.60. The number of pyridine rings is 1. The van der Waals surface area contributed by atoms with Crippen LogP contribution >= 0.6 is 0 Å². The lowest BCUT2D eigenvalue weighted by Gasteiger charge is -2.20. The fraction of sp³-hybridized carbons (Fsp3) is 0.192. The number of hydrogen-bond donors (Lipinski definition) is 2. The van der Waals surface area contributed by atoms with Crippen LogP contribution in [0.15, 0.2) is 79.0 Å². The summed E-state index contributed by atoms with van der Waals surface area (Å²) in [7, 11) is 1.88. The van der Waals surface area contributed by atoms with Crippen molar-refractivity contribution in [2.75, 3.05) is 17.3 Å². The highest BCUT2D eigenvalue weighted by atomic mass is 19.1. The highest BCUT2D eigenvalue weighted by Crippen LogP contribution is 2.25. The van der Waals surface area contributed by atoms with Crippen molar-refractivity contribution in [2.45, 2.75) is 26.0 Å². The fourth-order valence-electron chi connectivity index (χ4n) is 3.62. The van der Waals surface area contributed by atoms with E-state index in [-0.39, 0.29) is 18.5 Å². The maximum absolute atomic E-state index is 13.6. The second kappa shape index (κ2) is 10.2. The molecule has 0 spiro atoms. The van der Waals surface area contributed by atoms with Crippen LogP contribution in [0.3, 0.4) is 0 Å². The molecule has 7 heteroatoms. The molecule has 2 heterocycles. The molecule has 1 atom stereocenters. The van der Waals surface area contributed by atoms with Crippen LogP contribution in [-0.2, 0) is 13.0 Å². The Kier molecular flexibility index (Phi) is 6.90. The number of aliphatic hydroxyl groups is 1. The third-order valence-corrected chi connectivity index (χ3v) is 5.27. The molecule has 2 aromatic heterocycles. The number of halogens is 1. The summed E-state index contributed by atoms with van der Waals surface area (Å²) < 4.78 is 13.6. The lowest BCUT2D eigenvalue weighted by atomic mass is 10.0. The van der Waals surface area contributed by atoms with Crippen molar-refractivity contribution >= 4 is 17.6 Å². The minimum atomic E-state index is -0.295. The lowest BCUT2D eigenvalue weighted by Crippen LogP contribution is -2.21. The number of nitrogens with zero attached hydrogens (tertiary/aromatic N) is 4. The van der Waals surface area contributed by atoms with Crippen LogP contribution in [0.25, 0.3) is 11.3 Å². The first-order valence-electron chi connectivity index (χ1n) is 10.8. The molecule has 2 aromatic carbocycles. The Labute approximate surface area is 192 Å². The molecular weight excluding hydrogens is 417 g/mol. The van der Waals surface area contributed by atoms with E-state index in [0.717, 1.165) is 23.1 Å². The summed E-state index contributed by atoms with van der Waals surface area (Å²) in [6.45, 7) is 2.09. The van der Waals surface area contributed by atoms with Crippen LogP contribution in [0, 0.1) is 5.82 Å². The molecule has 2 N–H and O–H groups in total. The number of aromatic nitrogens is 3. The van der Waals surface area contributed by atoms with Crippen LogP contribution in [-0.4, -0.2) is 33.1 Å². The third kappa shape index (κ3) is 5.70. The van der Waals surface area contributed by atoms with Crippen molar-refractivity contribution in [1.29, 1.82) is 0 Å². The van der Waals surface area contributed by atoms with Gasteiger partial charge in [0.05, 0.1) is 12.3 Å². The van der Waals surface area contributed by atoms with E-state index >= 15 is 0 Å². The second-order valence-electron chi connectivity index (χ2n) is 7.92. The molecule has 0 amide bonds. The van der Waals surface area contributed by atoms with Crippen LogP contribution in [0.4, 0.5) is 22.0 Å². The maximum Gasteiger partial charge on any atom is 0.224 e. The molecular formula is C26H26FN5O. The average molecular weight is 444 g/mol. The van der Waals surface area contributed by atoms with Crippen LogP contribution in [0.1, 0.15) is 18.1 Å². The molecule has 0 aliphatic rings. The molecule has 0 fully saturated rings. The summed E-state index contributed by atoms with van der Waals surface area (Å²) in [5, 5.41) is 12.7. The first-order valence-corrected chi connectivity index (χ1v) is 10.8. The minimum Gasteiger partial charge on any atom is -0.392 e. The van der Waals surface area contributed by atoms with E-state index in [0.29, 0.717) is 23.3 Å². The summed E-state index contributed by atoms with van der Waals surface area (Å²) >= 11 is 0. The Bertz CT molecular complexity index is 1230. The van der Waals surface area contributed by atoms with Gasteiger partial charge in [0.2, 0.25) is 5.95 Å². The van der Waals surface area contributed by atoms with Gasteiger partial charge in [0.1, 0.15) is 17.5 Å². The maximum atomic E-state index is 13.6. The van der Waals surface area contributed by atoms with Gasteiger partial charge in [0, 0.05) is 24.8 Å². The smallest absolute Gasteiger partial charge is 0.224 e. The first kappa shape index (κ1) is 22.4. The Morgan fingerprint density at radius 1 is 0.939 bits per heavy atom. The van der Waals surface area contributed by atoms with Gasteiger partial charge in [-0.05, 0) is 54.8 Å². The predicted molar refractivity (Wildman–Crippen MR) is 129 cm³/mol. The van der Waals surface area contributed by atoms with Gasteiger partial charge in [-0.25, -0.2) is 14.4 Å². The zero-order valence-electron chi connectivity index (χ0n) is 18.6. The summed E-state index contributed by atoms with van der Waals surface area (Å²) in [6, 6.07) is 21.8. The molecule has 0 saturated heterocycles. The second-order valence-corrected chi connectivity index (χ2v) is 7.92. The molecule has 33 heavy (non-hydrogen) atoms.